The van der Waals surface area contributed by atoms with Crippen LogP contribution in [0.3, 0.4) is 0 Å². The van der Waals surface area contributed by atoms with Crippen LogP contribution in [-0.2, 0) is 12.2 Å². The van der Waals surface area contributed by atoms with E-state index < -0.39 is 0 Å². The molecule has 0 radical (unpaired) electrons. The summed E-state index contributed by atoms with van der Waals surface area (Å²) in [7, 11) is 0. The van der Waals surface area contributed by atoms with Crippen molar-refractivity contribution in [2.45, 2.75) is 32.1 Å². The van der Waals surface area contributed by atoms with Crippen molar-refractivity contribution in [3.63, 3.8) is 0 Å². The fourth-order valence-corrected chi connectivity index (χ4v) is 1.40. The SMILES string of the molecule is CCSCc1noc(CC(C)N)n1. The van der Waals surface area contributed by atoms with Gasteiger partial charge in [0.25, 0.3) is 0 Å². The predicted molar refractivity (Wildman–Crippen MR) is 53.5 cm³/mol. The molecule has 4 nitrogen and oxygen atoms in total. The number of rotatable bonds is 5. The molecule has 1 heterocycles. The second kappa shape index (κ2) is 5.24. The van der Waals surface area contributed by atoms with Crippen molar-refractivity contribution in [3.8, 4) is 0 Å². The van der Waals surface area contributed by atoms with Crippen LogP contribution in [0.4, 0.5) is 0 Å². The summed E-state index contributed by atoms with van der Waals surface area (Å²) in [6.45, 7) is 4.03. The molecule has 0 aliphatic carbocycles. The zero-order valence-corrected chi connectivity index (χ0v) is 8.80. The second-order valence-corrected chi connectivity index (χ2v) is 4.20. The molecule has 0 spiro atoms. The smallest absolute Gasteiger partial charge is 0.228 e. The Morgan fingerprint density at radius 3 is 3.00 bits per heavy atom. The summed E-state index contributed by atoms with van der Waals surface area (Å²) in [6.07, 6.45) is 0.657. The van der Waals surface area contributed by atoms with Crippen molar-refractivity contribution in [1.82, 2.24) is 10.1 Å². The lowest BCUT2D eigenvalue weighted by molar-refractivity contribution is 0.368. The van der Waals surface area contributed by atoms with E-state index >= 15 is 0 Å². The maximum atomic E-state index is 5.60. The number of thioether (sulfide) groups is 1. The van der Waals surface area contributed by atoms with Crippen LogP contribution in [-0.4, -0.2) is 21.9 Å². The molecule has 13 heavy (non-hydrogen) atoms. The Hall–Kier alpha value is -0.550. The van der Waals surface area contributed by atoms with Gasteiger partial charge in [0, 0.05) is 12.5 Å². The molecule has 1 aromatic heterocycles. The highest BCUT2D eigenvalue weighted by Crippen LogP contribution is 2.08. The molecule has 1 aromatic rings. The third kappa shape index (κ3) is 3.78. The summed E-state index contributed by atoms with van der Waals surface area (Å²) < 4.78 is 5.02. The van der Waals surface area contributed by atoms with Gasteiger partial charge in [-0.25, -0.2) is 0 Å². The van der Waals surface area contributed by atoms with E-state index in [0.717, 1.165) is 17.3 Å². The van der Waals surface area contributed by atoms with Crippen LogP contribution in [0, 0.1) is 0 Å². The minimum Gasteiger partial charge on any atom is -0.339 e. The minimum absolute atomic E-state index is 0.0760. The molecule has 2 N–H and O–H groups in total. The molecular formula is C8H15N3OS. The number of hydrogen-bond donors (Lipinski definition) is 1. The number of nitrogens with zero attached hydrogens (tertiary/aromatic N) is 2. The summed E-state index contributed by atoms with van der Waals surface area (Å²) in [6, 6.07) is 0.0760. The van der Waals surface area contributed by atoms with Crippen LogP contribution in [0.25, 0.3) is 0 Å². The van der Waals surface area contributed by atoms with Gasteiger partial charge in [0.15, 0.2) is 5.82 Å². The predicted octanol–water partition coefficient (Wildman–Crippen LogP) is 1.21. The number of hydrogen-bond acceptors (Lipinski definition) is 5. The standard InChI is InChI=1S/C8H15N3OS/c1-3-13-5-7-10-8(12-11-7)4-6(2)9/h6H,3-5,9H2,1-2H3. The first-order valence-corrected chi connectivity index (χ1v) is 5.52. The Balaban J connectivity index is 2.44. The largest absolute Gasteiger partial charge is 0.339 e. The van der Waals surface area contributed by atoms with Gasteiger partial charge in [-0.2, -0.15) is 16.7 Å². The van der Waals surface area contributed by atoms with E-state index in [1.807, 2.05) is 6.92 Å². The summed E-state index contributed by atoms with van der Waals surface area (Å²) in [5.74, 6) is 3.29. The summed E-state index contributed by atoms with van der Waals surface area (Å²) in [5, 5.41) is 3.84. The normalized spacial score (nSPS) is 13.2. The van der Waals surface area contributed by atoms with Crippen molar-refractivity contribution >= 4 is 11.8 Å². The Labute approximate surface area is 82.3 Å². The van der Waals surface area contributed by atoms with Gasteiger partial charge in [-0.05, 0) is 12.7 Å². The number of aromatic nitrogens is 2. The zero-order chi connectivity index (χ0) is 9.68. The zero-order valence-electron chi connectivity index (χ0n) is 7.99. The Morgan fingerprint density at radius 1 is 1.62 bits per heavy atom. The van der Waals surface area contributed by atoms with Crippen LogP contribution in [0.5, 0.6) is 0 Å². The van der Waals surface area contributed by atoms with E-state index in [9.17, 15) is 0 Å². The minimum atomic E-state index is 0.0760. The van der Waals surface area contributed by atoms with Crippen LogP contribution in [0.15, 0.2) is 4.52 Å². The fraction of sp³-hybridized carbons (Fsp3) is 0.750. The first kappa shape index (κ1) is 10.5. The molecule has 1 unspecified atom stereocenters. The van der Waals surface area contributed by atoms with Crippen LogP contribution < -0.4 is 5.73 Å². The molecule has 0 fully saturated rings. The van der Waals surface area contributed by atoms with Gasteiger partial charge in [0.2, 0.25) is 5.89 Å². The van der Waals surface area contributed by atoms with Gasteiger partial charge in [-0.3, -0.25) is 0 Å². The van der Waals surface area contributed by atoms with E-state index in [0.29, 0.717) is 12.3 Å². The lowest BCUT2D eigenvalue weighted by Gasteiger charge is -1.96. The van der Waals surface area contributed by atoms with E-state index in [4.69, 9.17) is 10.3 Å². The molecular weight excluding hydrogens is 186 g/mol. The molecule has 74 valence electrons. The third-order valence-corrected chi connectivity index (χ3v) is 2.31. The average Bonchev–Trinajstić information content (AvgIpc) is 2.48. The third-order valence-electron chi connectivity index (χ3n) is 1.44. The second-order valence-electron chi connectivity index (χ2n) is 2.92. The molecule has 5 heteroatoms. The Kier molecular flexibility index (Phi) is 4.24. The van der Waals surface area contributed by atoms with Crippen molar-refractivity contribution < 1.29 is 4.52 Å². The van der Waals surface area contributed by atoms with Gasteiger partial charge >= 0.3 is 0 Å². The molecule has 0 saturated heterocycles. The molecule has 0 amide bonds. The van der Waals surface area contributed by atoms with Gasteiger partial charge in [0.1, 0.15) is 0 Å². The molecule has 0 aliphatic rings. The molecule has 0 bridgehead atoms. The summed E-state index contributed by atoms with van der Waals surface area (Å²) in [5.41, 5.74) is 5.60. The summed E-state index contributed by atoms with van der Waals surface area (Å²) >= 11 is 1.78. The summed E-state index contributed by atoms with van der Waals surface area (Å²) in [4.78, 5) is 4.21. The van der Waals surface area contributed by atoms with Gasteiger partial charge < -0.3 is 10.3 Å². The van der Waals surface area contributed by atoms with E-state index in [1.54, 1.807) is 11.8 Å². The molecule has 1 atom stereocenters. The molecule has 1 rings (SSSR count). The van der Waals surface area contributed by atoms with Crippen LogP contribution in [0.1, 0.15) is 25.6 Å². The molecule has 0 aliphatic heterocycles. The van der Waals surface area contributed by atoms with Crippen molar-refractivity contribution in [3.05, 3.63) is 11.7 Å². The highest BCUT2D eigenvalue weighted by atomic mass is 32.2. The lowest BCUT2D eigenvalue weighted by atomic mass is 10.2. The van der Waals surface area contributed by atoms with E-state index in [2.05, 4.69) is 17.1 Å². The van der Waals surface area contributed by atoms with Crippen LogP contribution in [0.2, 0.25) is 0 Å². The van der Waals surface area contributed by atoms with Gasteiger partial charge in [0.05, 0.1) is 5.75 Å². The Bertz CT molecular complexity index is 249. The van der Waals surface area contributed by atoms with Crippen molar-refractivity contribution in [2.75, 3.05) is 5.75 Å². The molecule has 0 aromatic carbocycles. The lowest BCUT2D eigenvalue weighted by Crippen LogP contribution is -2.17. The number of nitrogens with two attached hydrogens (primary N) is 1. The topological polar surface area (TPSA) is 64.9 Å². The van der Waals surface area contributed by atoms with Crippen LogP contribution >= 0.6 is 11.8 Å². The molecule has 0 saturated carbocycles. The van der Waals surface area contributed by atoms with Gasteiger partial charge in [-0.1, -0.05) is 12.1 Å². The van der Waals surface area contributed by atoms with Crippen molar-refractivity contribution in [2.24, 2.45) is 5.73 Å². The quantitative estimate of drug-likeness (QED) is 0.775. The fourth-order valence-electron chi connectivity index (χ4n) is 0.900. The van der Waals surface area contributed by atoms with E-state index in [-0.39, 0.29) is 6.04 Å². The van der Waals surface area contributed by atoms with E-state index in [1.165, 1.54) is 0 Å². The Morgan fingerprint density at radius 2 is 2.38 bits per heavy atom. The average molecular weight is 201 g/mol. The first-order chi connectivity index (χ1) is 6.22. The highest BCUT2D eigenvalue weighted by Gasteiger charge is 2.07. The van der Waals surface area contributed by atoms with Crippen molar-refractivity contribution in [1.29, 1.82) is 0 Å². The highest BCUT2D eigenvalue weighted by molar-refractivity contribution is 7.98. The maximum absolute atomic E-state index is 5.60. The van der Waals surface area contributed by atoms with Gasteiger partial charge in [-0.15, -0.1) is 0 Å². The maximum Gasteiger partial charge on any atom is 0.228 e. The first-order valence-electron chi connectivity index (χ1n) is 4.37. The monoisotopic (exact) mass is 201 g/mol.